The zero-order valence-electron chi connectivity index (χ0n) is 7.53. The number of hydrogen-bond acceptors (Lipinski definition) is 2. The summed E-state index contributed by atoms with van der Waals surface area (Å²) >= 11 is 0. The van der Waals surface area contributed by atoms with Gasteiger partial charge in [-0.1, -0.05) is 19.1 Å². The second-order valence-corrected chi connectivity index (χ2v) is 2.94. The molecule has 3 nitrogen and oxygen atoms in total. The minimum atomic E-state index is -0.906. The standard InChI is InChI=1S/C10H13NO2/c1-2-9(11)7-3-5-8(6-4-7)10(12)13/h3-6,9H,2,11H2,1H3,(H,12,13)/t9-/m1/s1. The molecule has 70 valence electrons. The van der Waals surface area contributed by atoms with Crippen molar-refractivity contribution in [3.63, 3.8) is 0 Å². The number of rotatable bonds is 3. The summed E-state index contributed by atoms with van der Waals surface area (Å²) in [6.07, 6.45) is 0.854. The van der Waals surface area contributed by atoms with E-state index in [2.05, 4.69) is 0 Å². The summed E-state index contributed by atoms with van der Waals surface area (Å²) in [7, 11) is 0. The second-order valence-electron chi connectivity index (χ2n) is 2.94. The van der Waals surface area contributed by atoms with E-state index >= 15 is 0 Å². The molecule has 0 aliphatic heterocycles. The molecule has 1 aromatic rings. The van der Waals surface area contributed by atoms with Crippen LogP contribution in [0.15, 0.2) is 24.3 Å². The van der Waals surface area contributed by atoms with Gasteiger partial charge >= 0.3 is 5.97 Å². The molecule has 0 spiro atoms. The molecule has 3 heteroatoms. The van der Waals surface area contributed by atoms with Crippen LogP contribution in [0.4, 0.5) is 0 Å². The third-order valence-corrected chi connectivity index (χ3v) is 2.03. The molecule has 1 atom stereocenters. The number of hydrogen-bond donors (Lipinski definition) is 2. The third-order valence-electron chi connectivity index (χ3n) is 2.03. The average Bonchev–Trinajstić information content (AvgIpc) is 2.17. The highest BCUT2D eigenvalue weighted by Crippen LogP contribution is 2.14. The number of nitrogens with two attached hydrogens (primary N) is 1. The fourth-order valence-electron chi connectivity index (χ4n) is 1.11. The Morgan fingerprint density at radius 3 is 2.38 bits per heavy atom. The molecule has 0 aliphatic rings. The first-order valence-corrected chi connectivity index (χ1v) is 4.24. The molecule has 0 amide bonds. The summed E-state index contributed by atoms with van der Waals surface area (Å²) < 4.78 is 0. The Morgan fingerprint density at radius 1 is 1.46 bits per heavy atom. The lowest BCUT2D eigenvalue weighted by Crippen LogP contribution is -2.08. The van der Waals surface area contributed by atoms with E-state index in [1.165, 1.54) is 0 Å². The van der Waals surface area contributed by atoms with E-state index < -0.39 is 5.97 Å². The fraction of sp³-hybridized carbons (Fsp3) is 0.300. The Hall–Kier alpha value is -1.35. The van der Waals surface area contributed by atoms with Crippen LogP contribution in [0.3, 0.4) is 0 Å². The molecule has 1 rings (SSSR count). The maximum atomic E-state index is 10.5. The fourth-order valence-corrected chi connectivity index (χ4v) is 1.11. The van der Waals surface area contributed by atoms with Crippen LogP contribution >= 0.6 is 0 Å². The summed E-state index contributed by atoms with van der Waals surface area (Å²) in [5.41, 5.74) is 7.05. The molecule has 0 saturated heterocycles. The van der Waals surface area contributed by atoms with E-state index in [0.29, 0.717) is 5.56 Å². The Bertz CT molecular complexity index is 292. The number of aromatic carboxylic acids is 1. The van der Waals surface area contributed by atoms with Crippen molar-refractivity contribution in [2.45, 2.75) is 19.4 Å². The van der Waals surface area contributed by atoms with Crippen LogP contribution in [0.1, 0.15) is 35.3 Å². The lowest BCUT2D eigenvalue weighted by molar-refractivity contribution is 0.0697. The number of benzene rings is 1. The predicted molar refractivity (Wildman–Crippen MR) is 50.6 cm³/mol. The summed E-state index contributed by atoms with van der Waals surface area (Å²) in [5.74, 6) is -0.906. The molecule has 0 saturated carbocycles. The second kappa shape index (κ2) is 4.05. The number of carboxylic acids is 1. The average molecular weight is 179 g/mol. The minimum absolute atomic E-state index is 0.00263. The highest BCUT2D eigenvalue weighted by Gasteiger charge is 2.05. The summed E-state index contributed by atoms with van der Waals surface area (Å²) in [5, 5.41) is 8.64. The van der Waals surface area contributed by atoms with Crippen LogP contribution in [0.25, 0.3) is 0 Å². The maximum Gasteiger partial charge on any atom is 0.335 e. The number of carboxylic acid groups (broad SMARTS) is 1. The number of carbonyl (C=O) groups is 1. The SMILES string of the molecule is CC[C@@H](N)c1ccc(C(=O)O)cc1. The van der Waals surface area contributed by atoms with Gasteiger partial charge in [-0.3, -0.25) is 0 Å². The largest absolute Gasteiger partial charge is 0.478 e. The third kappa shape index (κ3) is 2.29. The molecule has 13 heavy (non-hydrogen) atoms. The highest BCUT2D eigenvalue weighted by atomic mass is 16.4. The molecular weight excluding hydrogens is 166 g/mol. The van der Waals surface area contributed by atoms with E-state index in [1.807, 2.05) is 6.92 Å². The Labute approximate surface area is 77.2 Å². The van der Waals surface area contributed by atoms with Crippen LogP contribution in [0.2, 0.25) is 0 Å². The van der Waals surface area contributed by atoms with Crippen LogP contribution in [0, 0.1) is 0 Å². The molecule has 1 aromatic carbocycles. The van der Waals surface area contributed by atoms with Gasteiger partial charge in [-0.05, 0) is 24.1 Å². The summed E-state index contributed by atoms with van der Waals surface area (Å²) in [6, 6.07) is 6.68. The first kappa shape index (κ1) is 9.74. The molecule has 0 bridgehead atoms. The Morgan fingerprint density at radius 2 is 2.00 bits per heavy atom. The monoisotopic (exact) mass is 179 g/mol. The Kier molecular flexibility index (Phi) is 3.03. The minimum Gasteiger partial charge on any atom is -0.478 e. The van der Waals surface area contributed by atoms with Gasteiger partial charge in [-0.15, -0.1) is 0 Å². The van der Waals surface area contributed by atoms with Gasteiger partial charge in [-0.2, -0.15) is 0 Å². The van der Waals surface area contributed by atoms with Crippen molar-refractivity contribution in [3.8, 4) is 0 Å². The van der Waals surface area contributed by atoms with Gasteiger partial charge in [0.25, 0.3) is 0 Å². The van der Waals surface area contributed by atoms with Crippen molar-refractivity contribution in [3.05, 3.63) is 35.4 Å². The van der Waals surface area contributed by atoms with E-state index in [9.17, 15) is 4.79 Å². The first-order chi connectivity index (χ1) is 6.15. The zero-order chi connectivity index (χ0) is 9.84. The van der Waals surface area contributed by atoms with Gasteiger partial charge in [0.05, 0.1) is 5.56 Å². The lowest BCUT2D eigenvalue weighted by atomic mass is 10.0. The smallest absolute Gasteiger partial charge is 0.335 e. The van der Waals surface area contributed by atoms with Gasteiger partial charge in [-0.25, -0.2) is 4.79 Å². The molecule has 0 heterocycles. The van der Waals surface area contributed by atoms with E-state index in [1.54, 1.807) is 24.3 Å². The van der Waals surface area contributed by atoms with Gasteiger partial charge in [0, 0.05) is 6.04 Å². The quantitative estimate of drug-likeness (QED) is 0.743. The van der Waals surface area contributed by atoms with E-state index in [-0.39, 0.29) is 6.04 Å². The normalized spacial score (nSPS) is 12.5. The lowest BCUT2D eigenvalue weighted by Gasteiger charge is -2.08. The molecule has 0 aromatic heterocycles. The van der Waals surface area contributed by atoms with Gasteiger partial charge in [0.2, 0.25) is 0 Å². The van der Waals surface area contributed by atoms with Crippen molar-refractivity contribution in [1.29, 1.82) is 0 Å². The molecule has 0 radical (unpaired) electrons. The van der Waals surface area contributed by atoms with Crippen molar-refractivity contribution in [1.82, 2.24) is 0 Å². The van der Waals surface area contributed by atoms with Gasteiger partial charge in [0.15, 0.2) is 0 Å². The summed E-state index contributed by atoms with van der Waals surface area (Å²) in [4.78, 5) is 10.5. The predicted octanol–water partition coefficient (Wildman–Crippen LogP) is 1.79. The first-order valence-electron chi connectivity index (χ1n) is 4.24. The van der Waals surface area contributed by atoms with E-state index in [4.69, 9.17) is 10.8 Å². The van der Waals surface area contributed by atoms with Crippen LogP contribution in [-0.2, 0) is 0 Å². The maximum absolute atomic E-state index is 10.5. The van der Waals surface area contributed by atoms with Crippen molar-refractivity contribution >= 4 is 5.97 Å². The molecule has 0 fully saturated rings. The molecular formula is C10H13NO2. The highest BCUT2D eigenvalue weighted by molar-refractivity contribution is 5.87. The van der Waals surface area contributed by atoms with Crippen LogP contribution < -0.4 is 5.73 Å². The van der Waals surface area contributed by atoms with Gasteiger partial charge in [0.1, 0.15) is 0 Å². The van der Waals surface area contributed by atoms with Crippen LogP contribution in [-0.4, -0.2) is 11.1 Å². The van der Waals surface area contributed by atoms with Crippen LogP contribution in [0.5, 0.6) is 0 Å². The van der Waals surface area contributed by atoms with Crippen molar-refractivity contribution in [2.75, 3.05) is 0 Å². The molecule has 3 N–H and O–H groups in total. The molecule has 0 unspecified atom stereocenters. The zero-order valence-corrected chi connectivity index (χ0v) is 7.53. The molecule has 0 aliphatic carbocycles. The van der Waals surface area contributed by atoms with E-state index in [0.717, 1.165) is 12.0 Å². The van der Waals surface area contributed by atoms with Crippen molar-refractivity contribution < 1.29 is 9.90 Å². The topological polar surface area (TPSA) is 63.3 Å². The Balaban J connectivity index is 2.87. The van der Waals surface area contributed by atoms with Gasteiger partial charge < -0.3 is 10.8 Å². The summed E-state index contributed by atoms with van der Waals surface area (Å²) in [6.45, 7) is 2.00. The van der Waals surface area contributed by atoms with Crippen molar-refractivity contribution in [2.24, 2.45) is 5.73 Å².